The minimum Gasteiger partial charge on any atom is -0.497 e. The largest absolute Gasteiger partial charge is 0.497 e. The predicted molar refractivity (Wildman–Crippen MR) is 153 cm³/mol. The second-order valence-corrected chi connectivity index (χ2v) is 10.5. The van der Waals surface area contributed by atoms with Gasteiger partial charge >= 0.3 is 6.09 Å². The number of benzene rings is 2. The third kappa shape index (κ3) is 8.37. The molecule has 0 saturated heterocycles. The average molecular weight is 591 g/mol. The van der Waals surface area contributed by atoms with Gasteiger partial charge in [0.15, 0.2) is 5.75 Å². The van der Waals surface area contributed by atoms with Crippen LogP contribution in [0.4, 0.5) is 4.79 Å². The summed E-state index contributed by atoms with van der Waals surface area (Å²) in [4.78, 5) is 30.4. The van der Waals surface area contributed by atoms with Gasteiger partial charge in [-0.25, -0.2) is 9.79 Å². The minimum atomic E-state index is -0.802. The van der Waals surface area contributed by atoms with Crippen molar-refractivity contribution in [2.24, 2.45) is 4.99 Å². The molecule has 2 N–H and O–H groups in total. The van der Waals surface area contributed by atoms with Crippen molar-refractivity contribution in [2.45, 2.75) is 53.2 Å². The monoisotopic (exact) mass is 590 g/mol. The standard InChI is InChI=1S/C28H32Cl2N4O6/c1-7-12-38-24-20(29)13-17(14-21(24)30)15-31-26(33-27(36)39-28(3,4)5)32-25(35)22-16(2)40-34-23(22)18-8-10-19(37-6)11-9-18/h8-11,13-14H,7,12,15H2,1-6H3,(H2,31,32,33,35,36). The summed E-state index contributed by atoms with van der Waals surface area (Å²) in [5.41, 5.74) is 0.969. The molecule has 0 aliphatic carbocycles. The quantitative estimate of drug-likeness (QED) is 0.224. The van der Waals surface area contributed by atoms with Gasteiger partial charge in [0.25, 0.3) is 5.91 Å². The zero-order chi connectivity index (χ0) is 29.4. The van der Waals surface area contributed by atoms with Gasteiger partial charge in [-0.2, -0.15) is 0 Å². The van der Waals surface area contributed by atoms with Gasteiger partial charge in [0.2, 0.25) is 5.96 Å². The summed E-state index contributed by atoms with van der Waals surface area (Å²) in [6, 6.07) is 10.3. The van der Waals surface area contributed by atoms with Crippen LogP contribution in [0.1, 0.15) is 55.8 Å². The van der Waals surface area contributed by atoms with Gasteiger partial charge in [-0.1, -0.05) is 35.3 Å². The molecule has 214 valence electrons. The zero-order valence-electron chi connectivity index (χ0n) is 23.2. The first kappa shape index (κ1) is 30.8. The predicted octanol–water partition coefficient (Wildman–Crippen LogP) is 6.56. The first-order valence-corrected chi connectivity index (χ1v) is 13.2. The number of aromatic nitrogens is 1. The molecule has 2 aromatic carbocycles. The van der Waals surface area contributed by atoms with Crippen LogP contribution < -0.4 is 20.1 Å². The third-order valence-electron chi connectivity index (χ3n) is 5.23. The lowest BCUT2D eigenvalue weighted by Gasteiger charge is -2.20. The number of carbonyl (C=O) groups is 2. The average Bonchev–Trinajstić information content (AvgIpc) is 3.27. The van der Waals surface area contributed by atoms with E-state index in [4.69, 9.17) is 41.9 Å². The maximum Gasteiger partial charge on any atom is 0.414 e. The van der Waals surface area contributed by atoms with Crippen LogP contribution in [0.3, 0.4) is 0 Å². The molecular weight excluding hydrogens is 559 g/mol. The number of ether oxygens (including phenoxy) is 3. The molecule has 10 nitrogen and oxygen atoms in total. The summed E-state index contributed by atoms with van der Waals surface area (Å²) >= 11 is 12.7. The highest BCUT2D eigenvalue weighted by molar-refractivity contribution is 6.37. The lowest BCUT2D eigenvalue weighted by atomic mass is 10.1. The fraction of sp³-hybridized carbons (Fsp3) is 0.357. The number of nitrogens with zero attached hydrogens (tertiary/aromatic N) is 2. The van der Waals surface area contributed by atoms with E-state index in [1.165, 1.54) is 0 Å². The number of rotatable bonds is 8. The Kier molecular flexibility index (Phi) is 10.4. The van der Waals surface area contributed by atoms with E-state index in [9.17, 15) is 9.59 Å². The second kappa shape index (κ2) is 13.5. The molecule has 3 aromatic rings. The van der Waals surface area contributed by atoms with E-state index in [0.717, 1.165) is 6.42 Å². The summed E-state index contributed by atoms with van der Waals surface area (Å²) < 4.78 is 21.5. The summed E-state index contributed by atoms with van der Waals surface area (Å²) in [5, 5.41) is 9.82. The molecule has 0 atom stereocenters. The van der Waals surface area contributed by atoms with Gasteiger partial charge in [0.1, 0.15) is 28.4 Å². The molecule has 40 heavy (non-hydrogen) atoms. The van der Waals surface area contributed by atoms with Crippen LogP contribution in [-0.2, 0) is 11.3 Å². The van der Waals surface area contributed by atoms with Crippen molar-refractivity contribution < 1.29 is 28.3 Å². The SMILES string of the molecule is CCCOc1c(Cl)cc(CN=C(NC(=O)OC(C)(C)C)NC(=O)c2c(-c3ccc(OC)cc3)noc2C)cc1Cl. The number of methoxy groups -OCH3 is 1. The Hall–Kier alpha value is -3.76. The van der Waals surface area contributed by atoms with E-state index < -0.39 is 17.6 Å². The van der Waals surface area contributed by atoms with Gasteiger partial charge in [0.05, 0.1) is 30.3 Å². The minimum absolute atomic E-state index is 0.0207. The van der Waals surface area contributed by atoms with Gasteiger partial charge in [0, 0.05) is 5.56 Å². The van der Waals surface area contributed by atoms with Crippen molar-refractivity contribution in [2.75, 3.05) is 13.7 Å². The molecule has 1 heterocycles. The number of aliphatic imine (C=N–C) groups is 1. The van der Waals surface area contributed by atoms with E-state index in [1.807, 2.05) is 6.92 Å². The Morgan fingerprint density at radius 1 is 1.07 bits per heavy atom. The van der Waals surface area contributed by atoms with Gasteiger partial charge in [-0.3, -0.25) is 15.4 Å². The first-order valence-electron chi connectivity index (χ1n) is 12.5. The highest BCUT2D eigenvalue weighted by Gasteiger charge is 2.24. The zero-order valence-corrected chi connectivity index (χ0v) is 24.7. The molecule has 0 aliphatic rings. The van der Waals surface area contributed by atoms with Gasteiger partial charge < -0.3 is 18.7 Å². The Labute approximate surface area is 243 Å². The lowest BCUT2D eigenvalue weighted by Crippen LogP contribution is -2.46. The first-order chi connectivity index (χ1) is 18.9. The van der Waals surface area contributed by atoms with Crippen molar-refractivity contribution in [3.63, 3.8) is 0 Å². The van der Waals surface area contributed by atoms with E-state index in [2.05, 4.69) is 20.8 Å². The molecule has 0 bridgehead atoms. The van der Waals surface area contributed by atoms with Crippen molar-refractivity contribution in [3.05, 3.63) is 63.3 Å². The molecule has 0 radical (unpaired) electrons. The van der Waals surface area contributed by atoms with Crippen LogP contribution in [0.2, 0.25) is 10.0 Å². The fourth-order valence-electron chi connectivity index (χ4n) is 3.48. The van der Waals surface area contributed by atoms with Gasteiger partial charge in [-0.15, -0.1) is 0 Å². The maximum absolute atomic E-state index is 13.4. The van der Waals surface area contributed by atoms with Crippen molar-refractivity contribution >= 4 is 41.2 Å². The van der Waals surface area contributed by atoms with Crippen LogP contribution >= 0.6 is 23.2 Å². The van der Waals surface area contributed by atoms with E-state index in [-0.39, 0.29) is 23.8 Å². The van der Waals surface area contributed by atoms with Crippen LogP contribution in [0, 0.1) is 6.92 Å². The summed E-state index contributed by atoms with van der Waals surface area (Å²) in [7, 11) is 1.56. The van der Waals surface area contributed by atoms with E-state index >= 15 is 0 Å². The van der Waals surface area contributed by atoms with Crippen LogP contribution in [0.25, 0.3) is 11.3 Å². The van der Waals surface area contributed by atoms with E-state index in [0.29, 0.717) is 45.0 Å². The highest BCUT2D eigenvalue weighted by atomic mass is 35.5. The molecule has 0 aliphatic heterocycles. The summed E-state index contributed by atoms with van der Waals surface area (Å²) in [6.45, 7) is 9.22. The normalized spacial score (nSPS) is 11.7. The molecule has 12 heteroatoms. The Morgan fingerprint density at radius 3 is 2.30 bits per heavy atom. The molecule has 1 aromatic heterocycles. The smallest absolute Gasteiger partial charge is 0.414 e. The topological polar surface area (TPSA) is 124 Å². The lowest BCUT2D eigenvalue weighted by molar-refractivity contribution is 0.0561. The Balaban J connectivity index is 1.89. The second-order valence-electron chi connectivity index (χ2n) is 9.67. The number of alkyl carbamates (subject to hydrolysis) is 1. The number of aryl methyl sites for hydroxylation is 1. The fourth-order valence-corrected chi connectivity index (χ4v) is 4.12. The van der Waals surface area contributed by atoms with Crippen LogP contribution in [0.5, 0.6) is 11.5 Å². The van der Waals surface area contributed by atoms with Crippen molar-refractivity contribution in [1.82, 2.24) is 15.8 Å². The molecule has 0 saturated carbocycles. The number of hydrogen-bond acceptors (Lipinski definition) is 8. The molecule has 3 rings (SSSR count). The van der Waals surface area contributed by atoms with Crippen LogP contribution in [-0.4, -0.2) is 42.4 Å². The molecule has 0 spiro atoms. The summed E-state index contributed by atoms with van der Waals surface area (Å²) in [5.74, 6) is 0.558. The van der Waals surface area contributed by atoms with Gasteiger partial charge in [-0.05, 0) is 76.1 Å². The third-order valence-corrected chi connectivity index (χ3v) is 5.79. The number of hydrogen-bond donors (Lipinski definition) is 2. The number of carbonyl (C=O) groups excluding carboxylic acids is 2. The molecule has 2 amide bonds. The number of halogens is 2. The maximum atomic E-state index is 13.4. The number of amides is 2. The Morgan fingerprint density at radius 2 is 1.73 bits per heavy atom. The Bertz CT molecular complexity index is 1360. The summed E-state index contributed by atoms with van der Waals surface area (Å²) in [6.07, 6.45) is -0.00689. The number of nitrogens with one attached hydrogen (secondary N) is 2. The highest BCUT2D eigenvalue weighted by Crippen LogP contribution is 2.34. The van der Waals surface area contributed by atoms with Crippen molar-refractivity contribution in [3.8, 4) is 22.8 Å². The molecule has 0 unspecified atom stereocenters. The number of guanidine groups is 1. The molecule has 0 fully saturated rings. The van der Waals surface area contributed by atoms with E-state index in [1.54, 1.807) is 71.2 Å². The van der Waals surface area contributed by atoms with Crippen LogP contribution in [0.15, 0.2) is 45.9 Å². The van der Waals surface area contributed by atoms with Crippen molar-refractivity contribution in [1.29, 1.82) is 0 Å². The molecular formula is C28H32Cl2N4O6.